The lowest BCUT2D eigenvalue weighted by molar-refractivity contribution is 0.0936. The van der Waals surface area contributed by atoms with Crippen molar-refractivity contribution >= 4 is 83.0 Å². The lowest BCUT2D eigenvalue weighted by atomic mass is 10.0. The number of amides is 2. The summed E-state index contributed by atoms with van der Waals surface area (Å²) in [5.74, 6) is 0. The zero-order chi connectivity index (χ0) is 48.1. The number of piperazine rings is 2. The Bertz CT molecular complexity index is 3460. The maximum Gasteiger partial charge on any atom is 0.410 e. The van der Waals surface area contributed by atoms with E-state index < -0.39 is 0 Å². The summed E-state index contributed by atoms with van der Waals surface area (Å²) in [5.41, 5.74) is 8.31. The van der Waals surface area contributed by atoms with Crippen LogP contribution in [0.5, 0.6) is 0 Å². The van der Waals surface area contributed by atoms with Crippen molar-refractivity contribution in [2.24, 2.45) is 0 Å². The van der Waals surface area contributed by atoms with Crippen LogP contribution >= 0.6 is 38.6 Å². The molecule has 0 aliphatic carbocycles. The molecule has 0 radical (unpaired) electrons. The number of fused-ring (bicyclic) bond motifs is 3. The van der Waals surface area contributed by atoms with Gasteiger partial charge >= 0.3 is 12.2 Å². The van der Waals surface area contributed by atoms with Crippen LogP contribution in [0.2, 0.25) is 0 Å². The first-order valence-corrected chi connectivity index (χ1v) is 25.3. The number of pyridine rings is 1. The largest absolute Gasteiger partial charge is 0.445 e. The highest BCUT2D eigenvalue weighted by Gasteiger charge is 2.26. The van der Waals surface area contributed by atoms with E-state index in [9.17, 15) is 9.59 Å². The van der Waals surface area contributed by atoms with Crippen LogP contribution in [0.25, 0.3) is 54.5 Å². The molecule has 2 fully saturated rings. The standard InChI is InChI=1S/C30H25N7O2S.C21H19BrN6O2S/c38-30(39-20-21-6-2-1-3-7-21)36-14-12-35(13-15-36)27-18-33-29(40-27)22-16-32-28-25(17-34-37(28)19-22)23-10-11-31-26-9-5-4-8-24(23)26;22-17-11-25-28-13-16(10-23-19(17)28)20-24-12-18(31-20)26-6-8-27(9-7-26)21(29)30-14-15-4-2-1-3-5-15/h1-11,16-19H,12-15,20H2;1-5,10-13H,6-9,14H2. The van der Waals surface area contributed by atoms with Gasteiger partial charge in [-0.25, -0.2) is 38.6 Å². The maximum absolute atomic E-state index is 12.5. The van der Waals surface area contributed by atoms with E-state index in [1.54, 1.807) is 47.7 Å². The third-order valence-corrected chi connectivity index (χ3v) is 15.0. The van der Waals surface area contributed by atoms with E-state index in [-0.39, 0.29) is 18.8 Å². The van der Waals surface area contributed by atoms with Gasteiger partial charge in [0.2, 0.25) is 0 Å². The molecule has 3 aromatic carbocycles. The molecule has 2 amide bonds. The Morgan fingerprint density at radius 1 is 0.521 bits per heavy atom. The Labute approximate surface area is 423 Å². The number of benzene rings is 3. The third kappa shape index (κ3) is 10.1. The van der Waals surface area contributed by atoms with E-state index in [2.05, 4.69) is 61.9 Å². The van der Waals surface area contributed by atoms with Crippen LogP contribution in [-0.2, 0) is 22.7 Å². The van der Waals surface area contributed by atoms with Gasteiger partial charge in [-0.2, -0.15) is 10.2 Å². The topological polar surface area (TPSA) is 165 Å². The monoisotopic (exact) mass is 1050 g/mol. The van der Waals surface area contributed by atoms with Crippen molar-refractivity contribution in [2.45, 2.75) is 13.2 Å². The summed E-state index contributed by atoms with van der Waals surface area (Å²) >= 11 is 6.66. The van der Waals surface area contributed by atoms with E-state index in [4.69, 9.17) is 14.5 Å². The van der Waals surface area contributed by atoms with E-state index in [1.165, 1.54) is 0 Å². The highest BCUT2D eigenvalue weighted by atomic mass is 79.9. The molecule has 0 unspecified atom stereocenters. The van der Waals surface area contributed by atoms with Gasteiger partial charge in [0, 0.05) is 105 Å². The van der Waals surface area contributed by atoms with Crippen molar-refractivity contribution in [1.82, 2.24) is 53.9 Å². The van der Waals surface area contributed by atoms with Crippen LogP contribution in [-0.4, -0.2) is 118 Å². The number of carbonyl (C=O) groups excluding carboxylic acids is 2. The molecule has 0 bridgehead atoms. The molecular weight excluding hydrogens is 1000 g/mol. The normalized spacial score (nSPS) is 13.9. The van der Waals surface area contributed by atoms with Gasteiger partial charge in [0.25, 0.3) is 0 Å². The average Bonchev–Trinajstić information content (AvgIpc) is 4.28. The Kier molecular flexibility index (Phi) is 13.3. The summed E-state index contributed by atoms with van der Waals surface area (Å²) in [6.07, 6.45) is 16.2. The number of aromatic nitrogens is 9. The summed E-state index contributed by atoms with van der Waals surface area (Å²) in [6.45, 7) is 5.96. The van der Waals surface area contributed by atoms with Gasteiger partial charge in [-0.1, -0.05) is 102 Å². The molecule has 9 heterocycles. The summed E-state index contributed by atoms with van der Waals surface area (Å²) < 4.78 is 15.3. The molecule has 0 spiro atoms. The second-order valence-corrected chi connectivity index (χ2v) is 19.6. The smallest absolute Gasteiger partial charge is 0.410 e. The van der Waals surface area contributed by atoms with Gasteiger partial charge in [-0.05, 0) is 44.8 Å². The van der Waals surface area contributed by atoms with Crippen molar-refractivity contribution in [1.29, 1.82) is 0 Å². The number of para-hydroxylation sites is 1. The van der Waals surface area contributed by atoms with Gasteiger partial charge in [0.05, 0.1) is 34.8 Å². The maximum atomic E-state index is 12.5. The van der Waals surface area contributed by atoms with Gasteiger partial charge in [0.15, 0.2) is 11.3 Å². The summed E-state index contributed by atoms with van der Waals surface area (Å²) in [4.78, 5) is 55.9. The van der Waals surface area contributed by atoms with Crippen molar-refractivity contribution in [3.8, 4) is 32.3 Å². The Balaban J connectivity index is 0.000000159. The number of hydrogen-bond acceptors (Lipinski definition) is 15. The van der Waals surface area contributed by atoms with E-state index in [0.717, 1.165) is 106 Å². The fraction of sp³-hybridized carbons (Fsp3) is 0.196. The zero-order valence-corrected chi connectivity index (χ0v) is 41.3. The molecule has 71 heavy (non-hydrogen) atoms. The molecule has 0 atom stereocenters. The number of thiazole rings is 2. The lowest BCUT2D eigenvalue weighted by Crippen LogP contribution is -2.48. The summed E-state index contributed by atoms with van der Waals surface area (Å²) in [5, 5.41) is 13.9. The quantitative estimate of drug-likeness (QED) is 0.134. The SMILES string of the molecule is O=C(OCc1ccccc1)N1CCN(c2cnc(-c3cnc4c(-c5ccnc6ccccc56)cnn4c3)s2)CC1.O=C(OCc1ccccc1)N1CCN(c2cnc(-c3cnc4c(Br)cnn4c3)s2)CC1. The van der Waals surface area contributed by atoms with E-state index in [0.29, 0.717) is 32.8 Å². The minimum absolute atomic E-state index is 0.266. The van der Waals surface area contributed by atoms with Gasteiger partial charge < -0.3 is 29.1 Å². The fourth-order valence-electron chi connectivity index (χ4n) is 8.39. The van der Waals surface area contributed by atoms with Crippen molar-refractivity contribution < 1.29 is 19.1 Å². The second kappa shape index (κ2) is 20.6. The highest BCUT2D eigenvalue weighted by molar-refractivity contribution is 9.10. The van der Waals surface area contributed by atoms with Crippen LogP contribution in [0.15, 0.2) is 151 Å². The molecular formula is C51H44BrN13O4S2. The summed E-state index contributed by atoms with van der Waals surface area (Å²) in [6, 6.07) is 29.5. The Hall–Kier alpha value is -7.81. The number of halogens is 1. The second-order valence-electron chi connectivity index (χ2n) is 16.7. The molecule has 7 aromatic heterocycles. The molecule has 0 N–H and O–H groups in total. The molecule has 2 aliphatic rings. The van der Waals surface area contributed by atoms with Crippen LogP contribution in [0.1, 0.15) is 11.1 Å². The predicted octanol–water partition coefficient (Wildman–Crippen LogP) is 9.60. The molecule has 0 saturated carbocycles. The number of carbonyl (C=O) groups is 2. The van der Waals surface area contributed by atoms with Gasteiger partial charge in [-0.3, -0.25) is 4.98 Å². The number of ether oxygens (including phenoxy) is 2. The minimum atomic E-state index is -0.272. The van der Waals surface area contributed by atoms with Crippen LogP contribution in [0.4, 0.5) is 19.6 Å². The zero-order valence-electron chi connectivity index (χ0n) is 38.1. The van der Waals surface area contributed by atoms with Gasteiger partial charge in [-0.15, -0.1) is 0 Å². The average molecular weight is 1050 g/mol. The number of hydrogen-bond donors (Lipinski definition) is 0. The predicted molar refractivity (Wildman–Crippen MR) is 277 cm³/mol. The van der Waals surface area contributed by atoms with Crippen LogP contribution < -0.4 is 9.80 Å². The molecule has 10 aromatic rings. The first-order valence-electron chi connectivity index (χ1n) is 22.9. The summed E-state index contributed by atoms with van der Waals surface area (Å²) in [7, 11) is 0. The molecule has 20 heteroatoms. The Morgan fingerprint density at radius 3 is 1.61 bits per heavy atom. The number of anilines is 2. The van der Waals surface area contributed by atoms with Crippen molar-refractivity contribution in [3.63, 3.8) is 0 Å². The molecule has 2 aliphatic heterocycles. The van der Waals surface area contributed by atoms with E-state index in [1.807, 2.05) is 135 Å². The highest BCUT2D eigenvalue weighted by Crippen LogP contribution is 2.35. The first-order chi connectivity index (χ1) is 34.9. The number of rotatable bonds is 9. The molecule has 12 rings (SSSR count). The molecule has 356 valence electrons. The van der Waals surface area contributed by atoms with Gasteiger partial charge in [0.1, 0.15) is 33.2 Å². The third-order valence-electron chi connectivity index (χ3n) is 12.2. The Morgan fingerprint density at radius 2 is 1.03 bits per heavy atom. The van der Waals surface area contributed by atoms with Crippen LogP contribution in [0.3, 0.4) is 0 Å². The first kappa shape index (κ1) is 45.6. The fourth-order valence-corrected chi connectivity index (χ4v) is 10.7. The lowest BCUT2D eigenvalue weighted by Gasteiger charge is -2.34. The number of nitrogens with zero attached hydrogens (tertiary/aromatic N) is 13. The van der Waals surface area contributed by atoms with Crippen molar-refractivity contribution in [3.05, 3.63) is 162 Å². The van der Waals surface area contributed by atoms with Crippen LogP contribution in [0, 0.1) is 0 Å². The molecule has 2 saturated heterocycles. The molecule has 17 nitrogen and oxygen atoms in total. The van der Waals surface area contributed by atoms with E-state index >= 15 is 0 Å². The van der Waals surface area contributed by atoms with Crippen molar-refractivity contribution in [2.75, 3.05) is 62.2 Å². The minimum Gasteiger partial charge on any atom is -0.445 e.